The van der Waals surface area contributed by atoms with Gasteiger partial charge in [0.25, 0.3) is 5.91 Å². The van der Waals surface area contributed by atoms with Crippen LogP contribution in [0.15, 0.2) is 30.5 Å². The molecule has 7 nitrogen and oxygen atoms in total. The fourth-order valence-electron chi connectivity index (χ4n) is 3.50. The fourth-order valence-corrected chi connectivity index (χ4v) is 3.50. The maximum Gasteiger partial charge on any atom is 0.339 e. The molecule has 1 aromatic heterocycles. The van der Waals surface area contributed by atoms with Crippen molar-refractivity contribution in [2.75, 3.05) is 20.2 Å². The highest BCUT2D eigenvalue weighted by Gasteiger charge is 2.27. The highest BCUT2D eigenvalue weighted by Crippen LogP contribution is 2.26. The Balaban J connectivity index is 1.69. The molecule has 1 fully saturated rings. The molecule has 26 heavy (non-hydrogen) atoms. The van der Waals surface area contributed by atoms with Gasteiger partial charge in [0.15, 0.2) is 0 Å². The quantitative estimate of drug-likeness (QED) is 0.889. The van der Waals surface area contributed by atoms with Crippen LogP contribution in [-0.2, 0) is 11.3 Å². The van der Waals surface area contributed by atoms with Gasteiger partial charge in [-0.05, 0) is 31.4 Å². The molecular formula is C19H23N3O4. The van der Waals surface area contributed by atoms with Gasteiger partial charge in [-0.1, -0.05) is 18.2 Å². The molecule has 0 atom stereocenters. The lowest BCUT2D eigenvalue weighted by molar-refractivity contribution is 0.0684. The van der Waals surface area contributed by atoms with Crippen molar-refractivity contribution >= 4 is 11.9 Å². The van der Waals surface area contributed by atoms with E-state index in [9.17, 15) is 14.7 Å². The SMILES string of the molecule is COCc1ccccc1C(=O)N1CCC(n2ncc(C(=O)O)c2C)CC1. The lowest BCUT2D eigenvalue weighted by Gasteiger charge is -2.33. The zero-order valence-corrected chi connectivity index (χ0v) is 15.0. The average Bonchev–Trinajstić information content (AvgIpc) is 3.04. The zero-order chi connectivity index (χ0) is 18.7. The van der Waals surface area contributed by atoms with Gasteiger partial charge in [-0.3, -0.25) is 9.48 Å². The highest BCUT2D eigenvalue weighted by molar-refractivity contribution is 5.95. The molecule has 3 rings (SSSR count). The van der Waals surface area contributed by atoms with Gasteiger partial charge in [-0.2, -0.15) is 5.10 Å². The van der Waals surface area contributed by atoms with Crippen LogP contribution >= 0.6 is 0 Å². The molecule has 1 aliphatic rings. The molecule has 0 unspecified atom stereocenters. The van der Waals surface area contributed by atoms with Gasteiger partial charge in [-0.25, -0.2) is 4.79 Å². The van der Waals surface area contributed by atoms with Crippen LogP contribution in [-0.4, -0.2) is 51.9 Å². The van der Waals surface area contributed by atoms with Crippen LogP contribution in [0.5, 0.6) is 0 Å². The molecule has 0 spiro atoms. The number of carbonyl (C=O) groups is 2. The van der Waals surface area contributed by atoms with E-state index >= 15 is 0 Å². The first-order valence-corrected chi connectivity index (χ1v) is 8.66. The second kappa shape index (κ2) is 7.70. The molecule has 0 bridgehead atoms. The summed E-state index contributed by atoms with van der Waals surface area (Å²) in [7, 11) is 1.62. The van der Waals surface area contributed by atoms with E-state index < -0.39 is 5.97 Å². The smallest absolute Gasteiger partial charge is 0.339 e. The third-order valence-corrected chi connectivity index (χ3v) is 4.92. The van der Waals surface area contributed by atoms with Gasteiger partial charge < -0.3 is 14.7 Å². The molecule has 138 valence electrons. The number of likely N-dealkylation sites (tertiary alicyclic amines) is 1. The summed E-state index contributed by atoms with van der Waals surface area (Å²) in [6.45, 7) is 3.41. The number of aromatic carboxylic acids is 1. The van der Waals surface area contributed by atoms with Crippen molar-refractivity contribution in [2.24, 2.45) is 0 Å². The number of carboxylic acids is 1. The lowest BCUT2D eigenvalue weighted by atomic mass is 10.0. The Bertz CT molecular complexity index is 807. The van der Waals surface area contributed by atoms with Gasteiger partial charge in [0.05, 0.1) is 24.5 Å². The number of carboxylic acid groups (broad SMARTS) is 1. The number of rotatable bonds is 5. The second-order valence-corrected chi connectivity index (χ2v) is 6.51. The number of ether oxygens (including phenoxy) is 1. The molecule has 2 heterocycles. The Hall–Kier alpha value is -2.67. The molecule has 1 aromatic carbocycles. The number of benzene rings is 1. The summed E-state index contributed by atoms with van der Waals surface area (Å²) >= 11 is 0. The topological polar surface area (TPSA) is 84.7 Å². The van der Waals surface area contributed by atoms with Gasteiger partial charge in [-0.15, -0.1) is 0 Å². The van der Waals surface area contributed by atoms with E-state index in [0.29, 0.717) is 31.0 Å². The highest BCUT2D eigenvalue weighted by atomic mass is 16.5. The van der Waals surface area contributed by atoms with E-state index in [0.717, 1.165) is 18.4 Å². The van der Waals surface area contributed by atoms with Crippen LogP contribution in [0.4, 0.5) is 0 Å². The van der Waals surface area contributed by atoms with E-state index in [1.54, 1.807) is 18.7 Å². The molecule has 1 aliphatic heterocycles. The second-order valence-electron chi connectivity index (χ2n) is 6.51. The van der Waals surface area contributed by atoms with E-state index in [1.165, 1.54) is 6.20 Å². The van der Waals surface area contributed by atoms with Crippen molar-refractivity contribution in [1.29, 1.82) is 0 Å². The Kier molecular flexibility index (Phi) is 5.37. The van der Waals surface area contributed by atoms with Crippen molar-refractivity contribution in [3.8, 4) is 0 Å². The van der Waals surface area contributed by atoms with Crippen molar-refractivity contribution in [1.82, 2.24) is 14.7 Å². The number of carbonyl (C=O) groups excluding carboxylic acids is 1. The molecule has 0 radical (unpaired) electrons. The summed E-state index contributed by atoms with van der Waals surface area (Å²) in [5.74, 6) is -0.948. The first-order chi connectivity index (χ1) is 12.5. The monoisotopic (exact) mass is 357 g/mol. The van der Waals surface area contributed by atoms with Crippen molar-refractivity contribution < 1.29 is 19.4 Å². The molecule has 7 heteroatoms. The first-order valence-electron chi connectivity index (χ1n) is 8.66. The van der Waals surface area contributed by atoms with Gasteiger partial charge in [0, 0.05) is 25.8 Å². The zero-order valence-electron chi connectivity index (χ0n) is 15.0. The largest absolute Gasteiger partial charge is 0.478 e. The number of hydrogen-bond acceptors (Lipinski definition) is 4. The van der Waals surface area contributed by atoms with E-state index in [2.05, 4.69) is 5.10 Å². The van der Waals surface area contributed by atoms with E-state index in [-0.39, 0.29) is 17.5 Å². The van der Waals surface area contributed by atoms with Gasteiger partial charge >= 0.3 is 5.97 Å². The minimum Gasteiger partial charge on any atom is -0.478 e. The number of amides is 1. The molecule has 2 aromatic rings. The summed E-state index contributed by atoms with van der Waals surface area (Å²) in [4.78, 5) is 25.9. The summed E-state index contributed by atoms with van der Waals surface area (Å²) < 4.78 is 6.97. The third-order valence-electron chi connectivity index (χ3n) is 4.92. The predicted molar refractivity (Wildman–Crippen MR) is 95.3 cm³/mol. The van der Waals surface area contributed by atoms with Crippen LogP contribution in [0.1, 0.15) is 50.9 Å². The van der Waals surface area contributed by atoms with Crippen LogP contribution < -0.4 is 0 Å². The number of methoxy groups -OCH3 is 1. The normalized spacial score (nSPS) is 15.2. The Morgan fingerprint density at radius 2 is 1.92 bits per heavy atom. The third kappa shape index (κ3) is 3.48. The molecular weight excluding hydrogens is 334 g/mol. The minimum atomic E-state index is -0.962. The Labute approximate surface area is 152 Å². The Morgan fingerprint density at radius 1 is 1.23 bits per heavy atom. The number of nitrogens with zero attached hydrogens (tertiary/aromatic N) is 3. The summed E-state index contributed by atoms with van der Waals surface area (Å²) in [5, 5.41) is 13.4. The standard InChI is InChI=1S/C19H23N3O4/c1-13-17(19(24)25)11-20-22(13)15-7-9-21(10-8-15)18(23)16-6-4-3-5-14(16)12-26-2/h3-6,11,15H,7-10,12H2,1-2H3,(H,24,25). The van der Waals surface area contributed by atoms with E-state index in [4.69, 9.17) is 4.74 Å². The summed E-state index contributed by atoms with van der Waals surface area (Å²) in [5.41, 5.74) is 2.46. The number of piperidine rings is 1. The number of aromatic nitrogens is 2. The van der Waals surface area contributed by atoms with Crippen LogP contribution in [0.3, 0.4) is 0 Å². The van der Waals surface area contributed by atoms with Crippen LogP contribution in [0.25, 0.3) is 0 Å². The summed E-state index contributed by atoms with van der Waals surface area (Å²) in [6.07, 6.45) is 2.90. The predicted octanol–water partition coefficient (Wildman–Crippen LogP) is 2.51. The van der Waals surface area contributed by atoms with Gasteiger partial charge in [0.1, 0.15) is 5.56 Å². The van der Waals surface area contributed by atoms with E-state index in [1.807, 2.05) is 29.2 Å². The van der Waals surface area contributed by atoms with Crippen molar-refractivity contribution in [3.05, 3.63) is 52.8 Å². The maximum absolute atomic E-state index is 12.9. The molecule has 1 amide bonds. The molecule has 1 saturated heterocycles. The lowest BCUT2D eigenvalue weighted by Crippen LogP contribution is -2.39. The first kappa shape index (κ1) is 18.1. The van der Waals surface area contributed by atoms with Crippen LogP contribution in [0, 0.1) is 6.92 Å². The fraction of sp³-hybridized carbons (Fsp3) is 0.421. The maximum atomic E-state index is 12.9. The van der Waals surface area contributed by atoms with Crippen molar-refractivity contribution in [2.45, 2.75) is 32.4 Å². The van der Waals surface area contributed by atoms with Crippen molar-refractivity contribution in [3.63, 3.8) is 0 Å². The molecule has 0 saturated carbocycles. The van der Waals surface area contributed by atoms with Crippen LogP contribution in [0.2, 0.25) is 0 Å². The average molecular weight is 357 g/mol. The molecule has 1 N–H and O–H groups in total. The van der Waals surface area contributed by atoms with Gasteiger partial charge in [0.2, 0.25) is 0 Å². The summed E-state index contributed by atoms with van der Waals surface area (Å²) in [6, 6.07) is 7.61. The minimum absolute atomic E-state index is 0.0134. The Morgan fingerprint density at radius 3 is 2.54 bits per heavy atom. The molecule has 0 aliphatic carbocycles. The number of hydrogen-bond donors (Lipinski definition) is 1.